The number of carbonyl (C=O) groups is 2. The molecule has 1 amide bonds. The van der Waals surface area contributed by atoms with Gasteiger partial charge >= 0.3 is 5.97 Å². The molecule has 0 bridgehead atoms. The number of nitrogens with zero attached hydrogens (tertiary/aromatic N) is 1. The van der Waals surface area contributed by atoms with Gasteiger partial charge in [-0.25, -0.2) is 4.79 Å². The Kier molecular flexibility index (Phi) is 6.78. The highest BCUT2D eigenvalue weighted by atomic mass is 16.6. The van der Waals surface area contributed by atoms with E-state index >= 15 is 0 Å². The number of carbonyl (C=O) groups excluding carboxylic acids is 2. The molecule has 160 valence electrons. The van der Waals surface area contributed by atoms with Crippen molar-refractivity contribution in [2.45, 2.75) is 18.9 Å². The van der Waals surface area contributed by atoms with Crippen molar-refractivity contribution >= 4 is 18.0 Å². The fourth-order valence-corrected chi connectivity index (χ4v) is 2.79. The van der Waals surface area contributed by atoms with Gasteiger partial charge in [-0.05, 0) is 54.8 Å². The molecule has 31 heavy (non-hydrogen) atoms. The van der Waals surface area contributed by atoms with Gasteiger partial charge in [0, 0.05) is 6.04 Å². The van der Waals surface area contributed by atoms with Gasteiger partial charge in [0.15, 0.2) is 23.0 Å². The monoisotopic (exact) mass is 422 g/mol. The Morgan fingerprint density at radius 1 is 0.968 bits per heavy atom. The minimum atomic E-state index is -0.607. The van der Waals surface area contributed by atoms with Gasteiger partial charge in [-0.2, -0.15) is 5.26 Å². The van der Waals surface area contributed by atoms with Gasteiger partial charge in [0.05, 0.1) is 26.9 Å². The van der Waals surface area contributed by atoms with Gasteiger partial charge in [-0.3, -0.25) is 4.79 Å². The number of benzene rings is 2. The lowest BCUT2D eigenvalue weighted by Gasteiger charge is -2.12. The number of methoxy groups -OCH3 is 3. The van der Waals surface area contributed by atoms with E-state index in [4.69, 9.17) is 18.9 Å². The van der Waals surface area contributed by atoms with Crippen molar-refractivity contribution in [3.8, 4) is 29.1 Å². The molecule has 2 aromatic rings. The summed E-state index contributed by atoms with van der Waals surface area (Å²) in [7, 11) is 4.41. The molecule has 0 unspecified atom stereocenters. The van der Waals surface area contributed by atoms with E-state index in [9.17, 15) is 14.9 Å². The molecule has 1 fully saturated rings. The maximum absolute atomic E-state index is 12.6. The summed E-state index contributed by atoms with van der Waals surface area (Å²) in [5, 5.41) is 12.1. The Hall–Kier alpha value is -3.99. The van der Waals surface area contributed by atoms with E-state index in [1.165, 1.54) is 39.5 Å². The third-order valence-electron chi connectivity index (χ3n) is 4.60. The van der Waals surface area contributed by atoms with Crippen molar-refractivity contribution in [2.75, 3.05) is 21.3 Å². The molecule has 8 heteroatoms. The predicted octanol–water partition coefficient (Wildman–Crippen LogP) is 3.12. The summed E-state index contributed by atoms with van der Waals surface area (Å²) in [5.41, 5.74) is 0.821. The number of hydrogen-bond acceptors (Lipinski definition) is 7. The summed E-state index contributed by atoms with van der Waals surface area (Å²) in [6.07, 6.45) is 3.32. The van der Waals surface area contributed by atoms with Gasteiger partial charge in [-0.15, -0.1) is 0 Å². The van der Waals surface area contributed by atoms with Crippen LogP contribution in [0.2, 0.25) is 0 Å². The van der Waals surface area contributed by atoms with Crippen molar-refractivity contribution in [3.05, 3.63) is 53.1 Å². The van der Waals surface area contributed by atoms with Crippen molar-refractivity contribution in [1.29, 1.82) is 5.26 Å². The van der Waals surface area contributed by atoms with Crippen molar-refractivity contribution in [1.82, 2.24) is 5.32 Å². The molecule has 1 aliphatic carbocycles. The lowest BCUT2D eigenvalue weighted by atomic mass is 10.1. The van der Waals surface area contributed by atoms with Crippen LogP contribution in [0.25, 0.3) is 6.08 Å². The maximum atomic E-state index is 12.6. The first-order valence-corrected chi connectivity index (χ1v) is 9.54. The van der Waals surface area contributed by atoms with Crippen LogP contribution in [0.3, 0.4) is 0 Å². The highest BCUT2D eigenvalue weighted by Gasteiger charge is 2.24. The molecule has 0 radical (unpaired) electrons. The Labute approximate surface area is 180 Å². The molecule has 0 aromatic heterocycles. The summed E-state index contributed by atoms with van der Waals surface area (Å²) in [6, 6.07) is 11.5. The molecule has 0 heterocycles. The fraction of sp³-hybridized carbons (Fsp3) is 0.261. The van der Waals surface area contributed by atoms with Crippen LogP contribution in [-0.4, -0.2) is 39.2 Å². The van der Waals surface area contributed by atoms with E-state index in [1.54, 1.807) is 24.3 Å². The first kappa shape index (κ1) is 21.7. The summed E-state index contributed by atoms with van der Waals surface area (Å²) in [4.78, 5) is 24.7. The van der Waals surface area contributed by atoms with Crippen molar-refractivity contribution in [3.63, 3.8) is 0 Å². The van der Waals surface area contributed by atoms with Gasteiger partial charge in [0.2, 0.25) is 0 Å². The molecule has 0 atom stereocenters. The molecule has 1 aliphatic rings. The van der Waals surface area contributed by atoms with E-state index in [0.717, 1.165) is 12.8 Å². The lowest BCUT2D eigenvalue weighted by molar-refractivity contribution is -0.117. The topological polar surface area (TPSA) is 107 Å². The van der Waals surface area contributed by atoms with Crippen molar-refractivity contribution in [2.24, 2.45) is 0 Å². The number of amides is 1. The number of rotatable bonds is 8. The second kappa shape index (κ2) is 9.67. The lowest BCUT2D eigenvalue weighted by Crippen LogP contribution is -2.26. The molecule has 2 aromatic carbocycles. The highest BCUT2D eigenvalue weighted by Crippen LogP contribution is 2.32. The van der Waals surface area contributed by atoms with Crippen LogP contribution in [0, 0.1) is 11.3 Å². The van der Waals surface area contributed by atoms with Crippen LogP contribution >= 0.6 is 0 Å². The van der Waals surface area contributed by atoms with Gasteiger partial charge in [-0.1, -0.05) is 6.07 Å². The minimum Gasteiger partial charge on any atom is -0.493 e. The van der Waals surface area contributed by atoms with Gasteiger partial charge < -0.3 is 24.3 Å². The normalized spacial score (nSPS) is 13.0. The number of ether oxygens (including phenoxy) is 4. The van der Waals surface area contributed by atoms with Crippen LogP contribution in [0.15, 0.2) is 42.0 Å². The molecule has 0 aliphatic heterocycles. The first-order chi connectivity index (χ1) is 15.0. The molecule has 1 saturated carbocycles. The zero-order valence-corrected chi connectivity index (χ0v) is 17.4. The average molecular weight is 422 g/mol. The van der Waals surface area contributed by atoms with Crippen LogP contribution in [0.4, 0.5) is 0 Å². The van der Waals surface area contributed by atoms with Gasteiger partial charge in [0.25, 0.3) is 5.91 Å². The zero-order valence-electron chi connectivity index (χ0n) is 17.4. The maximum Gasteiger partial charge on any atom is 0.343 e. The van der Waals surface area contributed by atoms with Crippen LogP contribution < -0.4 is 24.3 Å². The second-order valence-corrected chi connectivity index (χ2v) is 6.79. The van der Waals surface area contributed by atoms with Gasteiger partial charge in [0.1, 0.15) is 11.6 Å². The first-order valence-electron chi connectivity index (χ1n) is 9.54. The fourth-order valence-electron chi connectivity index (χ4n) is 2.79. The third-order valence-corrected chi connectivity index (χ3v) is 4.60. The molecular weight excluding hydrogens is 400 g/mol. The Bertz CT molecular complexity index is 1070. The van der Waals surface area contributed by atoms with Crippen molar-refractivity contribution < 1.29 is 28.5 Å². The molecule has 0 spiro atoms. The molecule has 8 nitrogen and oxygen atoms in total. The Balaban J connectivity index is 1.79. The summed E-state index contributed by atoms with van der Waals surface area (Å²) >= 11 is 0. The number of nitrogens with one attached hydrogen (secondary N) is 1. The standard InChI is InChI=1S/C23H22N2O6/c1-28-18-9-5-15(12-21(18)30-3)23(27)31-19-8-4-14(11-20(19)29-2)10-16(13-24)22(26)25-17-6-7-17/h4-5,8-12,17H,6-7H2,1-3H3,(H,25,26)/b16-10+. The van der Waals surface area contributed by atoms with Crippen LogP contribution in [-0.2, 0) is 4.79 Å². The molecule has 1 N–H and O–H groups in total. The van der Waals surface area contributed by atoms with Crippen LogP contribution in [0.5, 0.6) is 23.0 Å². The number of nitriles is 1. The quantitative estimate of drug-likeness (QED) is 0.301. The Morgan fingerprint density at radius 2 is 1.61 bits per heavy atom. The average Bonchev–Trinajstić information content (AvgIpc) is 3.61. The Morgan fingerprint density at radius 3 is 2.23 bits per heavy atom. The summed E-state index contributed by atoms with van der Waals surface area (Å²) in [6.45, 7) is 0. The largest absolute Gasteiger partial charge is 0.493 e. The highest BCUT2D eigenvalue weighted by molar-refractivity contribution is 6.02. The van der Waals surface area contributed by atoms with E-state index in [-0.39, 0.29) is 28.7 Å². The predicted molar refractivity (Wildman–Crippen MR) is 112 cm³/mol. The van der Waals surface area contributed by atoms with E-state index in [0.29, 0.717) is 17.1 Å². The number of hydrogen-bond donors (Lipinski definition) is 1. The minimum absolute atomic E-state index is 0.0102. The molecular formula is C23H22N2O6. The number of esters is 1. The van der Waals surface area contributed by atoms with E-state index in [2.05, 4.69) is 5.32 Å². The summed E-state index contributed by atoms with van der Waals surface area (Å²) < 4.78 is 21.2. The summed E-state index contributed by atoms with van der Waals surface area (Å²) in [5.74, 6) is 0.351. The smallest absolute Gasteiger partial charge is 0.343 e. The molecule has 3 rings (SSSR count). The zero-order chi connectivity index (χ0) is 22.4. The molecule has 0 saturated heterocycles. The third kappa shape index (κ3) is 5.34. The van der Waals surface area contributed by atoms with E-state index < -0.39 is 11.9 Å². The SMILES string of the molecule is COc1ccc(C(=O)Oc2ccc(/C=C(\C#N)C(=O)NC3CC3)cc2OC)cc1OC. The van der Waals surface area contributed by atoms with E-state index in [1.807, 2.05) is 6.07 Å². The second-order valence-electron chi connectivity index (χ2n) is 6.79. The van der Waals surface area contributed by atoms with Crippen LogP contribution in [0.1, 0.15) is 28.8 Å².